The van der Waals surface area contributed by atoms with Gasteiger partial charge in [0.2, 0.25) is 0 Å². The first-order valence-corrected chi connectivity index (χ1v) is 5.31. The summed E-state index contributed by atoms with van der Waals surface area (Å²) in [5, 5.41) is 0. The fourth-order valence-electron chi connectivity index (χ4n) is 2.42. The highest BCUT2D eigenvalue weighted by Gasteiger charge is 2.27. The van der Waals surface area contributed by atoms with Gasteiger partial charge in [0.25, 0.3) is 0 Å². The van der Waals surface area contributed by atoms with Crippen LogP contribution in [0, 0.1) is 0 Å². The largest absolute Gasteiger partial charge is 0.497 e. The second-order valence-electron chi connectivity index (χ2n) is 4.76. The molecule has 0 N–H and O–H groups in total. The Kier molecular flexibility index (Phi) is 2.26. The van der Waals surface area contributed by atoms with E-state index < -0.39 is 0 Å². The summed E-state index contributed by atoms with van der Waals surface area (Å²) in [6.07, 6.45) is 3.80. The number of ether oxygens (including phenoxy) is 1. The minimum Gasteiger partial charge on any atom is -0.497 e. The predicted molar refractivity (Wildman–Crippen MR) is 59.0 cm³/mol. The Balaban J connectivity index is 2.46. The molecule has 1 aliphatic rings. The third-order valence-electron chi connectivity index (χ3n) is 3.29. The van der Waals surface area contributed by atoms with Crippen molar-refractivity contribution in [2.75, 3.05) is 7.11 Å². The summed E-state index contributed by atoms with van der Waals surface area (Å²) in [5.41, 5.74) is 3.32. The van der Waals surface area contributed by atoms with Crippen molar-refractivity contribution in [3.05, 3.63) is 29.3 Å². The van der Waals surface area contributed by atoms with Crippen LogP contribution in [0.25, 0.3) is 0 Å². The van der Waals surface area contributed by atoms with Gasteiger partial charge < -0.3 is 4.74 Å². The van der Waals surface area contributed by atoms with Crippen LogP contribution in [0.2, 0.25) is 0 Å². The van der Waals surface area contributed by atoms with Crippen molar-refractivity contribution in [1.29, 1.82) is 0 Å². The predicted octanol–water partition coefficient (Wildman–Crippen LogP) is 3.31. The molecule has 0 fully saturated rings. The van der Waals surface area contributed by atoms with Crippen LogP contribution >= 0.6 is 0 Å². The van der Waals surface area contributed by atoms with Crippen LogP contribution in [-0.4, -0.2) is 7.11 Å². The van der Waals surface area contributed by atoms with Gasteiger partial charge in [0.05, 0.1) is 7.11 Å². The fourth-order valence-corrected chi connectivity index (χ4v) is 2.42. The van der Waals surface area contributed by atoms with E-state index in [9.17, 15) is 0 Å². The van der Waals surface area contributed by atoms with Crippen molar-refractivity contribution in [2.45, 2.75) is 38.5 Å². The lowest BCUT2D eigenvalue weighted by Crippen LogP contribution is -2.23. The quantitative estimate of drug-likeness (QED) is 0.660. The normalized spacial score (nSPS) is 18.8. The van der Waals surface area contributed by atoms with Crippen molar-refractivity contribution >= 4 is 0 Å². The van der Waals surface area contributed by atoms with Gasteiger partial charge >= 0.3 is 0 Å². The van der Waals surface area contributed by atoms with Crippen LogP contribution in [-0.2, 0) is 11.8 Å². The monoisotopic (exact) mass is 190 g/mol. The van der Waals surface area contributed by atoms with Crippen LogP contribution in [0.1, 0.15) is 37.8 Å². The van der Waals surface area contributed by atoms with Crippen molar-refractivity contribution in [3.63, 3.8) is 0 Å². The molecule has 1 heteroatoms. The zero-order chi connectivity index (χ0) is 10.2. The maximum absolute atomic E-state index is 5.25. The highest BCUT2D eigenvalue weighted by Crippen LogP contribution is 2.37. The minimum absolute atomic E-state index is 0.347. The van der Waals surface area contributed by atoms with E-state index in [0.29, 0.717) is 5.41 Å². The molecule has 1 nitrogen and oxygen atoms in total. The zero-order valence-electron chi connectivity index (χ0n) is 9.26. The Labute approximate surface area is 86.1 Å². The van der Waals surface area contributed by atoms with Crippen molar-refractivity contribution in [1.82, 2.24) is 0 Å². The van der Waals surface area contributed by atoms with Gasteiger partial charge in [-0.1, -0.05) is 19.9 Å². The van der Waals surface area contributed by atoms with Crippen LogP contribution in [0.4, 0.5) is 0 Å². The maximum atomic E-state index is 5.25. The second kappa shape index (κ2) is 3.30. The SMILES string of the molecule is COc1ccc2c(c1)CCCC2(C)C. The Morgan fingerprint density at radius 2 is 2.07 bits per heavy atom. The molecule has 0 saturated heterocycles. The summed E-state index contributed by atoms with van der Waals surface area (Å²) >= 11 is 0. The van der Waals surface area contributed by atoms with Crippen LogP contribution < -0.4 is 4.74 Å². The van der Waals surface area contributed by atoms with Crippen molar-refractivity contribution in [3.8, 4) is 5.75 Å². The number of hydrogen-bond acceptors (Lipinski definition) is 1. The lowest BCUT2D eigenvalue weighted by Gasteiger charge is -2.32. The number of benzene rings is 1. The van der Waals surface area contributed by atoms with Crippen molar-refractivity contribution < 1.29 is 4.74 Å². The molecule has 2 rings (SSSR count). The third-order valence-corrected chi connectivity index (χ3v) is 3.29. The number of aryl methyl sites for hydroxylation is 1. The average Bonchev–Trinajstić information content (AvgIpc) is 2.16. The lowest BCUT2D eigenvalue weighted by atomic mass is 9.73. The molecule has 0 atom stereocenters. The molecule has 0 amide bonds. The van der Waals surface area contributed by atoms with Gasteiger partial charge in [-0.15, -0.1) is 0 Å². The van der Waals surface area contributed by atoms with Crippen LogP contribution in [0.15, 0.2) is 18.2 Å². The molecule has 0 bridgehead atoms. The van der Waals surface area contributed by atoms with E-state index in [1.807, 2.05) is 0 Å². The van der Waals surface area contributed by atoms with E-state index in [1.54, 1.807) is 7.11 Å². The molecule has 0 saturated carbocycles. The Hall–Kier alpha value is -0.980. The van der Waals surface area contributed by atoms with E-state index >= 15 is 0 Å². The van der Waals surface area contributed by atoms with Gasteiger partial charge in [-0.25, -0.2) is 0 Å². The highest BCUT2D eigenvalue weighted by atomic mass is 16.5. The molecule has 1 aromatic carbocycles. The smallest absolute Gasteiger partial charge is 0.119 e. The summed E-state index contributed by atoms with van der Waals surface area (Å²) in [6.45, 7) is 4.66. The molecule has 14 heavy (non-hydrogen) atoms. The molecule has 0 unspecified atom stereocenters. The number of fused-ring (bicyclic) bond motifs is 1. The summed E-state index contributed by atoms with van der Waals surface area (Å²) in [5.74, 6) is 0.987. The molecule has 0 radical (unpaired) electrons. The average molecular weight is 190 g/mol. The van der Waals surface area contributed by atoms with Gasteiger partial charge in [-0.3, -0.25) is 0 Å². The van der Waals surface area contributed by atoms with Crippen LogP contribution in [0.3, 0.4) is 0 Å². The minimum atomic E-state index is 0.347. The summed E-state index contributed by atoms with van der Waals surface area (Å²) in [7, 11) is 1.73. The molecule has 0 heterocycles. The zero-order valence-corrected chi connectivity index (χ0v) is 9.26. The first kappa shape index (κ1) is 9.57. The molecular weight excluding hydrogens is 172 g/mol. The number of hydrogen-bond donors (Lipinski definition) is 0. The maximum Gasteiger partial charge on any atom is 0.119 e. The summed E-state index contributed by atoms with van der Waals surface area (Å²) < 4.78 is 5.25. The van der Waals surface area contributed by atoms with E-state index in [1.165, 1.54) is 30.4 Å². The van der Waals surface area contributed by atoms with Gasteiger partial charge in [-0.2, -0.15) is 0 Å². The molecular formula is C13H18O. The number of methoxy groups -OCH3 is 1. The number of rotatable bonds is 1. The topological polar surface area (TPSA) is 9.23 Å². The molecule has 1 aliphatic carbocycles. The third kappa shape index (κ3) is 1.52. The molecule has 0 aliphatic heterocycles. The molecule has 0 spiro atoms. The van der Waals surface area contributed by atoms with Gasteiger partial charge in [0.1, 0.15) is 5.75 Å². The first-order chi connectivity index (χ1) is 6.63. The van der Waals surface area contributed by atoms with Gasteiger partial charge in [0.15, 0.2) is 0 Å². The molecule has 1 aromatic rings. The van der Waals surface area contributed by atoms with Gasteiger partial charge in [0, 0.05) is 0 Å². The van der Waals surface area contributed by atoms with E-state index in [0.717, 1.165) is 5.75 Å². The standard InChI is InChI=1S/C13H18O/c1-13(2)8-4-5-10-9-11(14-3)6-7-12(10)13/h6-7,9H,4-5,8H2,1-3H3. The van der Waals surface area contributed by atoms with E-state index in [-0.39, 0.29) is 0 Å². The Morgan fingerprint density at radius 3 is 2.79 bits per heavy atom. The fraction of sp³-hybridized carbons (Fsp3) is 0.538. The lowest BCUT2D eigenvalue weighted by molar-refractivity contribution is 0.406. The van der Waals surface area contributed by atoms with Gasteiger partial charge in [-0.05, 0) is 47.9 Å². The Bertz CT molecular complexity index is 339. The second-order valence-corrected chi connectivity index (χ2v) is 4.76. The first-order valence-electron chi connectivity index (χ1n) is 5.31. The summed E-state index contributed by atoms with van der Waals surface area (Å²) in [6, 6.07) is 6.50. The highest BCUT2D eigenvalue weighted by molar-refractivity contribution is 5.41. The van der Waals surface area contributed by atoms with E-state index in [2.05, 4.69) is 32.0 Å². The molecule has 76 valence electrons. The van der Waals surface area contributed by atoms with E-state index in [4.69, 9.17) is 4.74 Å². The van der Waals surface area contributed by atoms with Crippen molar-refractivity contribution in [2.24, 2.45) is 0 Å². The Morgan fingerprint density at radius 1 is 1.29 bits per heavy atom. The summed E-state index contributed by atoms with van der Waals surface area (Å²) in [4.78, 5) is 0. The van der Waals surface area contributed by atoms with Crippen LogP contribution in [0.5, 0.6) is 5.75 Å². The molecule has 0 aromatic heterocycles.